The third-order valence-electron chi connectivity index (χ3n) is 2.87. The van der Waals surface area contributed by atoms with Gasteiger partial charge >= 0.3 is 110 Å². The number of halogens is 2. The van der Waals surface area contributed by atoms with Crippen molar-refractivity contribution in [3.05, 3.63) is 59.7 Å². The van der Waals surface area contributed by atoms with Crippen LogP contribution in [0.1, 0.15) is 11.1 Å². The fourth-order valence-electron chi connectivity index (χ4n) is 2.22. The molecule has 0 heterocycles. The van der Waals surface area contributed by atoms with Crippen molar-refractivity contribution in [3.63, 3.8) is 0 Å². The molecule has 0 fully saturated rings. The SMILES string of the molecule is [Cl][Zr]([Cl])=[C]1c2ccccc2-c2ccccc21. The van der Waals surface area contributed by atoms with Crippen LogP contribution >= 0.6 is 17.0 Å². The van der Waals surface area contributed by atoms with E-state index in [0.29, 0.717) is 0 Å². The van der Waals surface area contributed by atoms with Gasteiger partial charge < -0.3 is 0 Å². The number of hydrogen-bond donors (Lipinski definition) is 0. The van der Waals surface area contributed by atoms with Gasteiger partial charge in [0.25, 0.3) is 0 Å². The third kappa shape index (κ3) is 1.57. The average molecular weight is 326 g/mol. The van der Waals surface area contributed by atoms with Crippen LogP contribution in [0.3, 0.4) is 0 Å². The van der Waals surface area contributed by atoms with Crippen LogP contribution in [0.4, 0.5) is 0 Å². The zero-order chi connectivity index (χ0) is 11.1. The van der Waals surface area contributed by atoms with Crippen LogP contribution in [0, 0.1) is 0 Å². The summed E-state index contributed by atoms with van der Waals surface area (Å²) in [5.74, 6) is 0. The van der Waals surface area contributed by atoms with Crippen LogP contribution in [0.15, 0.2) is 48.5 Å². The summed E-state index contributed by atoms with van der Waals surface area (Å²) < 4.78 is 1.22. The Morgan fingerprint density at radius 3 is 1.38 bits per heavy atom. The molecule has 3 rings (SSSR count). The summed E-state index contributed by atoms with van der Waals surface area (Å²) in [4.78, 5) is 0. The summed E-state index contributed by atoms with van der Waals surface area (Å²) in [7, 11) is 12.5. The van der Waals surface area contributed by atoms with E-state index in [1.165, 1.54) is 25.5 Å². The van der Waals surface area contributed by atoms with Crippen molar-refractivity contribution >= 4 is 20.2 Å². The summed E-state index contributed by atoms with van der Waals surface area (Å²) in [6, 6.07) is 16.7. The van der Waals surface area contributed by atoms with E-state index in [2.05, 4.69) is 36.4 Å². The predicted molar refractivity (Wildman–Crippen MR) is 66.8 cm³/mol. The summed E-state index contributed by atoms with van der Waals surface area (Å²) in [6.45, 7) is 0. The normalized spacial score (nSPS) is 12.2. The molecule has 0 radical (unpaired) electrons. The monoisotopic (exact) mass is 324 g/mol. The first-order chi connectivity index (χ1) is 7.79. The Kier molecular flexibility index (Phi) is 2.87. The van der Waals surface area contributed by atoms with Crippen molar-refractivity contribution in [3.8, 4) is 11.1 Å². The number of fused-ring (bicyclic) bond motifs is 3. The predicted octanol–water partition coefficient (Wildman–Crippen LogP) is 4.16. The van der Waals surface area contributed by atoms with Crippen LogP contribution in [-0.2, 0) is 18.9 Å². The molecule has 1 aliphatic rings. The second kappa shape index (κ2) is 4.22. The summed E-state index contributed by atoms with van der Waals surface area (Å²) in [5.41, 5.74) is 5.02. The topological polar surface area (TPSA) is 0 Å². The zero-order valence-corrected chi connectivity index (χ0v) is 12.3. The molecule has 0 amide bonds. The molecule has 0 bridgehead atoms. The van der Waals surface area contributed by atoms with Crippen molar-refractivity contribution in [1.29, 1.82) is 0 Å². The molecule has 0 unspecified atom stereocenters. The van der Waals surface area contributed by atoms with Crippen LogP contribution < -0.4 is 0 Å². The fourth-order valence-corrected chi connectivity index (χ4v) is 6.70. The molecule has 0 saturated carbocycles. The molecule has 0 nitrogen and oxygen atoms in total. The molecular weight excluding hydrogens is 318 g/mol. The molecule has 0 saturated heterocycles. The first-order valence-electron chi connectivity index (χ1n) is 5.03. The van der Waals surface area contributed by atoms with Crippen molar-refractivity contribution in [2.75, 3.05) is 0 Å². The van der Waals surface area contributed by atoms with E-state index in [-0.39, 0.29) is 0 Å². The summed E-state index contributed by atoms with van der Waals surface area (Å²) >= 11 is -2.40. The van der Waals surface area contributed by atoms with Crippen LogP contribution in [0.5, 0.6) is 0 Å². The van der Waals surface area contributed by atoms with Crippen LogP contribution in [0.2, 0.25) is 0 Å². The Labute approximate surface area is 109 Å². The van der Waals surface area contributed by atoms with Gasteiger partial charge in [0.05, 0.1) is 0 Å². The number of benzene rings is 2. The molecule has 0 spiro atoms. The molecule has 1 aliphatic carbocycles. The standard InChI is InChI=1S/C13H8.2ClH.Zr/c1-3-7-12-10(5-1)9-11-6-2-4-8-13(11)12;;;/h1-8H;2*1H;/q;;;+2/p-2. The van der Waals surface area contributed by atoms with E-state index >= 15 is 0 Å². The minimum absolute atomic E-state index is 1.22. The van der Waals surface area contributed by atoms with Gasteiger partial charge in [-0.05, 0) is 0 Å². The van der Waals surface area contributed by atoms with Gasteiger partial charge in [-0.3, -0.25) is 0 Å². The molecule has 2 aromatic rings. The minimum atomic E-state index is -2.40. The molecule has 0 atom stereocenters. The summed E-state index contributed by atoms with van der Waals surface area (Å²) in [5, 5.41) is 0. The van der Waals surface area contributed by atoms with E-state index in [1.54, 1.807) is 0 Å². The maximum absolute atomic E-state index is 6.26. The van der Waals surface area contributed by atoms with Gasteiger partial charge in [0, 0.05) is 0 Å². The zero-order valence-electron chi connectivity index (χ0n) is 8.37. The van der Waals surface area contributed by atoms with Gasteiger partial charge in [0.2, 0.25) is 0 Å². The molecule has 0 aliphatic heterocycles. The van der Waals surface area contributed by atoms with Gasteiger partial charge in [-0.1, -0.05) is 0 Å². The van der Waals surface area contributed by atoms with Gasteiger partial charge in [0.1, 0.15) is 0 Å². The fraction of sp³-hybridized carbons (Fsp3) is 0. The van der Waals surface area contributed by atoms with Crippen LogP contribution in [0.25, 0.3) is 11.1 Å². The Bertz CT molecular complexity index is 551. The second-order valence-corrected chi connectivity index (χ2v) is 11.9. The molecule has 78 valence electrons. The average Bonchev–Trinajstić information content (AvgIpc) is 2.63. The van der Waals surface area contributed by atoms with Crippen molar-refractivity contribution in [1.82, 2.24) is 0 Å². The Hall–Kier alpha value is -0.227. The third-order valence-corrected chi connectivity index (χ3v) is 7.36. The molecular formula is C13H8Cl2Zr. The van der Waals surface area contributed by atoms with Crippen molar-refractivity contribution in [2.45, 2.75) is 0 Å². The second-order valence-electron chi connectivity index (χ2n) is 3.73. The van der Waals surface area contributed by atoms with E-state index < -0.39 is 18.9 Å². The Morgan fingerprint density at radius 2 is 1.00 bits per heavy atom. The van der Waals surface area contributed by atoms with Crippen molar-refractivity contribution in [2.24, 2.45) is 0 Å². The van der Waals surface area contributed by atoms with Crippen LogP contribution in [-0.4, -0.2) is 3.21 Å². The Balaban J connectivity index is 2.44. The first-order valence-corrected chi connectivity index (χ1v) is 12.6. The van der Waals surface area contributed by atoms with Gasteiger partial charge in [-0.2, -0.15) is 0 Å². The molecule has 3 heteroatoms. The summed E-state index contributed by atoms with van der Waals surface area (Å²) in [6.07, 6.45) is 0. The first kappa shape index (κ1) is 10.9. The van der Waals surface area contributed by atoms with E-state index in [0.717, 1.165) is 0 Å². The molecule has 0 aromatic heterocycles. The van der Waals surface area contributed by atoms with Gasteiger partial charge in [-0.15, -0.1) is 0 Å². The molecule has 0 N–H and O–H groups in total. The van der Waals surface area contributed by atoms with E-state index in [4.69, 9.17) is 17.0 Å². The van der Waals surface area contributed by atoms with Crippen molar-refractivity contribution < 1.29 is 18.9 Å². The maximum atomic E-state index is 6.26. The van der Waals surface area contributed by atoms with E-state index in [9.17, 15) is 0 Å². The Morgan fingerprint density at radius 1 is 0.625 bits per heavy atom. The number of hydrogen-bond acceptors (Lipinski definition) is 0. The quantitative estimate of drug-likeness (QED) is 0.582. The molecule has 16 heavy (non-hydrogen) atoms. The van der Waals surface area contributed by atoms with Gasteiger partial charge in [0.15, 0.2) is 0 Å². The molecule has 2 aromatic carbocycles. The van der Waals surface area contributed by atoms with E-state index in [1.807, 2.05) is 12.1 Å². The number of rotatable bonds is 0. The van der Waals surface area contributed by atoms with Gasteiger partial charge in [-0.25, -0.2) is 0 Å².